The molecule has 4 atom stereocenters. The van der Waals surface area contributed by atoms with Gasteiger partial charge in [-0.1, -0.05) is 84.3 Å². The van der Waals surface area contributed by atoms with Crippen LogP contribution in [0.1, 0.15) is 131 Å². The van der Waals surface area contributed by atoms with Crippen molar-refractivity contribution in [3.8, 4) is 0 Å². The van der Waals surface area contributed by atoms with Crippen LogP contribution in [0.15, 0.2) is 25.3 Å². The minimum absolute atomic E-state index is 0.117. The molecule has 13 heteroatoms. The van der Waals surface area contributed by atoms with Crippen LogP contribution in [0.25, 0.3) is 0 Å². The third-order valence-electron chi connectivity index (χ3n) is 12.8. The molecule has 3 saturated carbocycles. The Bertz CT molecular complexity index is 1530. The van der Waals surface area contributed by atoms with Crippen LogP contribution in [0.4, 0.5) is 4.79 Å². The summed E-state index contributed by atoms with van der Waals surface area (Å²) in [5, 5.41) is 11.5. The molecule has 4 rings (SSSR count). The van der Waals surface area contributed by atoms with E-state index in [0.29, 0.717) is 38.5 Å². The maximum atomic E-state index is 15.1. The van der Waals surface area contributed by atoms with Gasteiger partial charge >= 0.3 is 6.03 Å². The summed E-state index contributed by atoms with van der Waals surface area (Å²) in [5.41, 5.74) is -2.03. The summed E-state index contributed by atoms with van der Waals surface area (Å²) >= 11 is 0. The number of amides is 5. The standard InChI is InChI=1S/C41H67N5O7S/c1-9-23-42-35(49)32(47)30(24-28-17-18-28)43-34(48)31-25-29(39(6,7)10-2)26-46(31)36(50)33(40(8)19-13-11-14-20-40)44-37(51)45-41(21-15-12-16-22-41)27-54(52,53)38(3,4)5/h9-10,28-31,33H,1-2,11-27H2,3-8H3,(H,42,49)(H,43,48)(H2,44,45,51)/t29-,30?,31+,33-/m1/s1. The second-order valence-corrected chi connectivity index (χ2v) is 21.3. The smallest absolute Gasteiger partial charge is 0.315 e. The van der Waals surface area contributed by atoms with Crippen LogP contribution >= 0.6 is 0 Å². The normalized spacial score (nSPS) is 24.0. The maximum absolute atomic E-state index is 15.1. The van der Waals surface area contributed by atoms with Crippen molar-refractivity contribution in [2.75, 3.05) is 18.8 Å². The zero-order valence-electron chi connectivity index (χ0n) is 33.7. The molecule has 0 spiro atoms. The van der Waals surface area contributed by atoms with Gasteiger partial charge in [0.1, 0.15) is 12.1 Å². The lowest BCUT2D eigenvalue weighted by Crippen LogP contribution is -2.64. The molecular weight excluding hydrogens is 707 g/mol. The molecule has 1 unspecified atom stereocenters. The van der Waals surface area contributed by atoms with Gasteiger partial charge in [0.05, 0.1) is 22.1 Å². The molecule has 1 saturated heterocycles. The highest BCUT2D eigenvalue weighted by atomic mass is 32.2. The van der Waals surface area contributed by atoms with E-state index in [9.17, 15) is 27.6 Å². The van der Waals surface area contributed by atoms with E-state index >= 15 is 4.79 Å². The lowest BCUT2D eigenvalue weighted by molar-refractivity contribution is -0.144. The number of Topliss-reactive ketones (excluding diaryl/α,β-unsaturated/α-hetero) is 1. The minimum atomic E-state index is -3.59. The number of nitrogens with one attached hydrogen (secondary N) is 4. The van der Waals surface area contributed by atoms with Crippen molar-refractivity contribution in [2.45, 2.75) is 160 Å². The van der Waals surface area contributed by atoms with Crippen LogP contribution in [0, 0.1) is 22.7 Å². The number of allylic oxidation sites excluding steroid dienone is 1. The highest BCUT2D eigenvalue weighted by Gasteiger charge is 2.51. The molecule has 1 heterocycles. The predicted octanol–water partition coefficient (Wildman–Crippen LogP) is 5.13. The second kappa shape index (κ2) is 17.3. The van der Waals surface area contributed by atoms with Crippen LogP contribution in [0.3, 0.4) is 0 Å². The Morgan fingerprint density at radius 1 is 0.889 bits per heavy atom. The topological polar surface area (TPSA) is 171 Å². The zero-order chi connectivity index (χ0) is 40.1. The van der Waals surface area contributed by atoms with E-state index in [1.165, 1.54) is 6.08 Å². The molecule has 4 fully saturated rings. The van der Waals surface area contributed by atoms with Crippen molar-refractivity contribution in [3.05, 3.63) is 25.3 Å². The number of carbonyl (C=O) groups is 5. The van der Waals surface area contributed by atoms with E-state index in [2.05, 4.69) is 34.4 Å². The molecule has 1 aliphatic heterocycles. The molecule has 4 aliphatic rings. The van der Waals surface area contributed by atoms with Crippen molar-refractivity contribution in [1.82, 2.24) is 26.2 Å². The Morgan fingerprint density at radius 2 is 1.48 bits per heavy atom. The second-order valence-electron chi connectivity index (χ2n) is 18.5. The fourth-order valence-corrected chi connectivity index (χ4v) is 10.0. The van der Waals surface area contributed by atoms with Crippen molar-refractivity contribution in [1.29, 1.82) is 0 Å². The Balaban J connectivity index is 1.65. The highest BCUT2D eigenvalue weighted by Crippen LogP contribution is 2.43. The van der Waals surface area contributed by atoms with E-state index in [1.807, 2.05) is 26.8 Å². The van der Waals surface area contributed by atoms with Gasteiger partial charge < -0.3 is 26.2 Å². The number of rotatable bonds is 16. The third-order valence-corrected chi connectivity index (χ3v) is 15.6. The number of urea groups is 1. The molecular formula is C41H67N5O7S. The number of hydrogen-bond acceptors (Lipinski definition) is 7. The van der Waals surface area contributed by atoms with Crippen molar-refractivity contribution >= 4 is 39.4 Å². The molecule has 4 N–H and O–H groups in total. The fraction of sp³-hybridized carbons (Fsp3) is 0.780. The zero-order valence-corrected chi connectivity index (χ0v) is 34.5. The Morgan fingerprint density at radius 3 is 2.02 bits per heavy atom. The van der Waals surface area contributed by atoms with Gasteiger partial charge in [-0.2, -0.15) is 0 Å². The first kappa shape index (κ1) is 43.5. The number of carbonyl (C=O) groups excluding carboxylic acids is 5. The summed E-state index contributed by atoms with van der Waals surface area (Å²) in [6.07, 6.45) is 13.5. The number of likely N-dealkylation sites (tertiary alicyclic amines) is 1. The van der Waals surface area contributed by atoms with Gasteiger partial charge in [-0.05, 0) is 82.0 Å². The van der Waals surface area contributed by atoms with Crippen molar-refractivity contribution < 1.29 is 32.4 Å². The van der Waals surface area contributed by atoms with Crippen molar-refractivity contribution in [3.63, 3.8) is 0 Å². The van der Waals surface area contributed by atoms with Crippen LogP contribution in [0.5, 0.6) is 0 Å². The molecule has 0 aromatic rings. The molecule has 12 nitrogen and oxygen atoms in total. The lowest BCUT2D eigenvalue weighted by Gasteiger charge is -2.44. The molecule has 0 radical (unpaired) electrons. The number of ketones is 1. The van der Waals surface area contributed by atoms with Gasteiger partial charge in [0.15, 0.2) is 9.84 Å². The van der Waals surface area contributed by atoms with Crippen LogP contribution < -0.4 is 21.3 Å². The minimum Gasteiger partial charge on any atom is -0.346 e. The first-order valence-corrected chi connectivity index (χ1v) is 21.8. The van der Waals surface area contributed by atoms with E-state index in [4.69, 9.17) is 0 Å². The van der Waals surface area contributed by atoms with Gasteiger partial charge in [-0.25, -0.2) is 13.2 Å². The average Bonchev–Trinajstić information content (AvgIpc) is 3.81. The molecule has 0 aromatic heterocycles. The van der Waals surface area contributed by atoms with Gasteiger partial charge in [-0.15, -0.1) is 13.2 Å². The van der Waals surface area contributed by atoms with E-state index in [1.54, 1.807) is 25.7 Å². The van der Waals surface area contributed by atoms with E-state index in [-0.39, 0.29) is 36.6 Å². The summed E-state index contributed by atoms with van der Waals surface area (Å²) in [6, 6.07) is -3.57. The van der Waals surface area contributed by atoms with Gasteiger partial charge in [0, 0.05) is 13.1 Å². The van der Waals surface area contributed by atoms with Crippen molar-refractivity contribution in [2.24, 2.45) is 22.7 Å². The van der Waals surface area contributed by atoms with Crippen LogP contribution in [0.2, 0.25) is 0 Å². The van der Waals surface area contributed by atoms with Gasteiger partial charge in [0.25, 0.3) is 5.91 Å². The van der Waals surface area contributed by atoms with Crippen LogP contribution in [-0.4, -0.2) is 90.1 Å². The van der Waals surface area contributed by atoms with Gasteiger partial charge in [-0.3, -0.25) is 19.2 Å². The largest absolute Gasteiger partial charge is 0.346 e. The monoisotopic (exact) mass is 773 g/mol. The summed E-state index contributed by atoms with van der Waals surface area (Å²) in [4.78, 5) is 71.1. The Kier molecular flexibility index (Phi) is 13.9. The van der Waals surface area contributed by atoms with Gasteiger partial charge in [0.2, 0.25) is 17.6 Å². The first-order chi connectivity index (χ1) is 25.2. The van der Waals surface area contributed by atoms with E-state index in [0.717, 1.165) is 51.4 Å². The Hall–Kier alpha value is -3.22. The average molecular weight is 774 g/mol. The summed E-state index contributed by atoms with van der Waals surface area (Å²) in [7, 11) is -3.59. The Labute approximate surface area is 323 Å². The molecule has 0 aromatic carbocycles. The quantitative estimate of drug-likeness (QED) is 0.125. The molecule has 304 valence electrons. The molecule has 0 bridgehead atoms. The fourth-order valence-electron chi connectivity index (χ4n) is 8.50. The number of nitrogens with zero attached hydrogens (tertiary/aromatic N) is 1. The third kappa shape index (κ3) is 10.5. The molecule has 5 amide bonds. The summed E-state index contributed by atoms with van der Waals surface area (Å²) in [6.45, 7) is 19.0. The number of hydrogen-bond donors (Lipinski definition) is 4. The maximum Gasteiger partial charge on any atom is 0.315 e. The molecule has 54 heavy (non-hydrogen) atoms. The predicted molar refractivity (Wildman–Crippen MR) is 211 cm³/mol. The van der Waals surface area contributed by atoms with E-state index < -0.39 is 72.7 Å². The molecule has 3 aliphatic carbocycles. The van der Waals surface area contributed by atoms with Crippen LogP contribution in [-0.2, 0) is 29.0 Å². The number of sulfone groups is 1. The summed E-state index contributed by atoms with van der Waals surface area (Å²) in [5.74, 6) is -2.53. The SMILES string of the molecule is C=CCNC(=O)C(=O)C(CC1CC1)NC(=O)[C@@H]1C[C@@H](C(C)(C)C=C)CN1C(=O)[C@@H](NC(=O)NC1(CS(=O)(=O)C(C)(C)C)CCCCC1)C1(C)CCCCC1. The lowest BCUT2D eigenvalue weighted by atomic mass is 9.70. The first-order valence-electron chi connectivity index (χ1n) is 20.2. The highest BCUT2D eigenvalue weighted by molar-refractivity contribution is 7.92. The summed E-state index contributed by atoms with van der Waals surface area (Å²) < 4.78 is 26.0.